The summed E-state index contributed by atoms with van der Waals surface area (Å²) in [5.74, 6) is -0.0655. The number of hydrazone groups is 1. The number of anilines is 1. The Morgan fingerprint density at radius 3 is 2.61 bits per heavy atom. The van der Waals surface area contributed by atoms with Crippen LogP contribution in [0.1, 0.15) is 5.56 Å². The molecule has 0 atom stereocenters. The number of carbonyl (C=O) groups is 1. The van der Waals surface area contributed by atoms with Gasteiger partial charge in [-0.3, -0.25) is 4.79 Å². The number of methoxy groups -OCH3 is 2. The van der Waals surface area contributed by atoms with Crippen molar-refractivity contribution in [3.8, 4) is 17.2 Å². The van der Waals surface area contributed by atoms with E-state index in [9.17, 15) is 13.6 Å². The topological polar surface area (TPSA) is 81.2 Å². The van der Waals surface area contributed by atoms with E-state index in [0.717, 1.165) is 0 Å². The summed E-state index contributed by atoms with van der Waals surface area (Å²) < 4.78 is 39.4. The first-order valence-corrected chi connectivity index (χ1v) is 8.33. The highest BCUT2D eigenvalue weighted by atomic mass is 35.5. The van der Waals surface area contributed by atoms with Gasteiger partial charge in [-0.15, -0.1) is 0 Å². The molecule has 2 N–H and O–H groups in total. The smallest absolute Gasteiger partial charge is 0.387 e. The number of amides is 1. The molecule has 1 amide bonds. The Kier molecular flexibility index (Phi) is 7.82. The summed E-state index contributed by atoms with van der Waals surface area (Å²) in [5.41, 5.74) is 3.41. The predicted octanol–water partition coefficient (Wildman–Crippen LogP) is 3.52. The van der Waals surface area contributed by atoms with Crippen molar-refractivity contribution < 1.29 is 27.8 Å². The summed E-state index contributed by atoms with van der Waals surface area (Å²) in [5, 5.41) is 6.65. The van der Waals surface area contributed by atoms with Crippen molar-refractivity contribution in [2.45, 2.75) is 6.61 Å². The molecule has 0 heterocycles. The lowest BCUT2D eigenvalue weighted by Gasteiger charge is -2.12. The summed E-state index contributed by atoms with van der Waals surface area (Å²) in [6, 6.07) is 9.89. The number of nitrogens with one attached hydrogen (secondary N) is 2. The van der Waals surface area contributed by atoms with Crippen molar-refractivity contribution in [3.63, 3.8) is 0 Å². The Hall–Kier alpha value is -3.07. The molecular weight excluding hydrogens is 396 g/mol. The summed E-state index contributed by atoms with van der Waals surface area (Å²) in [7, 11) is 2.82. The van der Waals surface area contributed by atoms with Gasteiger partial charge < -0.3 is 19.5 Å². The largest absolute Gasteiger partial charge is 0.495 e. The fraction of sp³-hybridized carbons (Fsp3) is 0.222. The quantitative estimate of drug-likeness (QED) is 0.485. The van der Waals surface area contributed by atoms with Gasteiger partial charge in [-0.05, 0) is 29.8 Å². The molecule has 2 aromatic rings. The molecule has 2 aromatic carbocycles. The van der Waals surface area contributed by atoms with E-state index in [2.05, 4.69) is 20.6 Å². The van der Waals surface area contributed by atoms with Gasteiger partial charge in [0.15, 0.2) is 11.5 Å². The van der Waals surface area contributed by atoms with Gasteiger partial charge in [-0.1, -0.05) is 23.7 Å². The minimum absolute atomic E-state index is 0.0124. The van der Waals surface area contributed by atoms with E-state index in [1.54, 1.807) is 18.2 Å². The molecule has 7 nitrogen and oxygen atoms in total. The molecule has 0 aliphatic rings. The van der Waals surface area contributed by atoms with E-state index in [0.29, 0.717) is 17.0 Å². The van der Waals surface area contributed by atoms with Crippen LogP contribution in [0, 0.1) is 0 Å². The number of nitrogens with zero attached hydrogens (tertiary/aromatic N) is 1. The van der Waals surface area contributed by atoms with Gasteiger partial charge in [0, 0.05) is 0 Å². The van der Waals surface area contributed by atoms with Crippen molar-refractivity contribution in [1.29, 1.82) is 0 Å². The van der Waals surface area contributed by atoms with Crippen LogP contribution in [0.4, 0.5) is 14.5 Å². The molecule has 0 radical (unpaired) electrons. The van der Waals surface area contributed by atoms with Crippen molar-refractivity contribution in [2.75, 3.05) is 26.1 Å². The van der Waals surface area contributed by atoms with Gasteiger partial charge in [0.25, 0.3) is 5.91 Å². The average Bonchev–Trinajstić information content (AvgIpc) is 2.68. The van der Waals surface area contributed by atoms with Gasteiger partial charge in [0.05, 0.1) is 37.7 Å². The Morgan fingerprint density at radius 1 is 1.21 bits per heavy atom. The van der Waals surface area contributed by atoms with Crippen LogP contribution in [0.3, 0.4) is 0 Å². The van der Waals surface area contributed by atoms with Gasteiger partial charge in [-0.25, -0.2) is 5.43 Å². The van der Waals surface area contributed by atoms with Crippen molar-refractivity contribution in [2.24, 2.45) is 5.10 Å². The van der Waals surface area contributed by atoms with Gasteiger partial charge in [-0.2, -0.15) is 13.9 Å². The molecule has 0 unspecified atom stereocenters. The number of para-hydroxylation sites is 2. The minimum Gasteiger partial charge on any atom is -0.495 e. The number of hydrogen-bond acceptors (Lipinski definition) is 6. The number of hydrogen-bond donors (Lipinski definition) is 2. The Bertz CT molecular complexity index is 850. The Labute approximate surface area is 165 Å². The van der Waals surface area contributed by atoms with E-state index in [1.165, 1.54) is 32.6 Å². The molecule has 0 aromatic heterocycles. The van der Waals surface area contributed by atoms with Crippen molar-refractivity contribution in [1.82, 2.24) is 5.43 Å². The normalized spacial score (nSPS) is 10.8. The van der Waals surface area contributed by atoms with Gasteiger partial charge >= 0.3 is 6.61 Å². The first kappa shape index (κ1) is 21.2. The van der Waals surface area contributed by atoms with E-state index in [4.69, 9.17) is 21.1 Å². The van der Waals surface area contributed by atoms with E-state index in [1.807, 2.05) is 6.07 Å². The summed E-state index contributed by atoms with van der Waals surface area (Å²) in [6.45, 7) is -3.08. The fourth-order valence-electron chi connectivity index (χ4n) is 2.20. The van der Waals surface area contributed by atoms with Crippen LogP contribution in [-0.2, 0) is 4.79 Å². The highest BCUT2D eigenvalue weighted by Crippen LogP contribution is 2.37. The molecule has 0 aliphatic carbocycles. The molecule has 0 aliphatic heterocycles. The zero-order valence-corrected chi connectivity index (χ0v) is 15.8. The van der Waals surface area contributed by atoms with Gasteiger partial charge in [0.2, 0.25) is 0 Å². The second kappa shape index (κ2) is 10.3. The number of benzene rings is 2. The van der Waals surface area contributed by atoms with Crippen LogP contribution >= 0.6 is 11.6 Å². The molecular formula is C18H18ClF2N3O4. The van der Waals surface area contributed by atoms with Crippen LogP contribution in [-0.4, -0.2) is 39.5 Å². The van der Waals surface area contributed by atoms with E-state index in [-0.39, 0.29) is 23.1 Å². The maximum absolute atomic E-state index is 12.4. The lowest BCUT2D eigenvalue weighted by molar-refractivity contribution is -0.119. The minimum atomic E-state index is -3.04. The molecule has 0 fully saturated rings. The van der Waals surface area contributed by atoms with E-state index < -0.39 is 12.5 Å². The van der Waals surface area contributed by atoms with Crippen LogP contribution < -0.4 is 25.0 Å². The zero-order chi connectivity index (χ0) is 20.5. The third kappa shape index (κ3) is 5.98. The first-order chi connectivity index (χ1) is 13.4. The third-order valence-corrected chi connectivity index (χ3v) is 3.69. The number of carbonyl (C=O) groups excluding carboxylic acids is 1. The molecule has 150 valence electrons. The van der Waals surface area contributed by atoms with Crippen LogP contribution in [0.15, 0.2) is 41.5 Å². The van der Waals surface area contributed by atoms with E-state index >= 15 is 0 Å². The van der Waals surface area contributed by atoms with Gasteiger partial charge in [0.1, 0.15) is 5.75 Å². The highest BCUT2D eigenvalue weighted by molar-refractivity contribution is 6.32. The number of rotatable bonds is 9. The molecule has 28 heavy (non-hydrogen) atoms. The number of ether oxygens (including phenoxy) is 3. The number of halogens is 3. The second-order valence-corrected chi connectivity index (χ2v) is 5.67. The molecule has 10 heteroatoms. The average molecular weight is 414 g/mol. The second-order valence-electron chi connectivity index (χ2n) is 5.26. The molecule has 0 bridgehead atoms. The van der Waals surface area contributed by atoms with Crippen LogP contribution in [0.25, 0.3) is 0 Å². The predicted molar refractivity (Wildman–Crippen MR) is 102 cm³/mol. The maximum atomic E-state index is 12.4. The molecule has 2 rings (SSSR count). The molecule has 0 saturated heterocycles. The van der Waals surface area contributed by atoms with Crippen LogP contribution in [0.2, 0.25) is 5.02 Å². The summed E-state index contributed by atoms with van der Waals surface area (Å²) >= 11 is 5.94. The fourth-order valence-corrected chi connectivity index (χ4v) is 2.47. The highest BCUT2D eigenvalue weighted by Gasteiger charge is 2.15. The standard InChI is InChI=1S/C18H18ClF2N3O4/c1-26-14-6-4-3-5-13(14)22-10-16(25)24-23-9-11-7-12(19)17(28-18(20)21)15(8-11)27-2/h3-9,18,22H,10H2,1-2H3,(H,24,25)/b23-9-. The Morgan fingerprint density at radius 2 is 1.93 bits per heavy atom. The summed E-state index contributed by atoms with van der Waals surface area (Å²) in [6.07, 6.45) is 1.29. The SMILES string of the molecule is COc1ccccc1NCC(=O)N/N=C\c1cc(Cl)c(OC(F)F)c(OC)c1. The maximum Gasteiger partial charge on any atom is 0.387 e. The zero-order valence-electron chi connectivity index (χ0n) is 15.0. The molecule has 0 saturated carbocycles. The van der Waals surface area contributed by atoms with Crippen molar-refractivity contribution in [3.05, 3.63) is 47.0 Å². The Balaban J connectivity index is 1.96. The van der Waals surface area contributed by atoms with Crippen molar-refractivity contribution >= 4 is 29.4 Å². The molecule has 0 spiro atoms. The monoisotopic (exact) mass is 413 g/mol. The third-order valence-electron chi connectivity index (χ3n) is 3.41. The summed E-state index contributed by atoms with van der Waals surface area (Å²) in [4.78, 5) is 11.9. The lowest BCUT2D eigenvalue weighted by Crippen LogP contribution is -2.26. The first-order valence-electron chi connectivity index (χ1n) is 7.95. The lowest BCUT2D eigenvalue weighted by atomic mass is 10.2. The number of alkyl halides is 2. The van der Waals surface area contributed by atoms with Crippen LogP contribution in [0.5, 0.6) is 17.2 Å².